The Labute approximate surface area is 90.0 Å². The van der Waals surface area contributed by atoms with E-state index >= 15 is 0 Å². The van der Waals surface area contributed by atoms with Crippen molar-refractivity contribution in [2.24, 2.45) is 0 Å². The molecule has 0 saturated heterocycles. The molecule has 0 radical (unpaired) electrons. The van der Waals surface area contributed by atoms with Gasteiger partial charge >= 0.3 is 11.7 Å². The molecule has 0 amide bonds. The van der Waals surface area contributed by atoms with E-state index in [1.165, 1.54) is 0 Å². The van der Waals surface area contributed by atoms with E-state index in [0.29, 0.717) is 0 Å². The number of benzene rings is 1. The van der Waals surface area contributed by atoms with Crippen LogP contribution in [0.3, 0.4) is 0 Å². The second kappa shape index (κ2) is 4.47. The molecule has 2 N–H and O–H groups in total. The molecule has 0 spiro atoms. The van der Waals surface area contributed by atoms with Crippen LogP contribution in [0.15, 0.2) is 12.1 Å². The third kappa shape index (κ3) is 2.19. The molecule has 0 fully saturated rings. The molecule has 0 atom stereocenters. The first-order valence-electron chi connectivity index (χ1n) is 4.34. The lowest BCUT2D eigenvalue weighted by Crippen LogP contribution is -2.05. The molecular weight excluding hydrogens is 218 g/mol. The number of aromatic hydroxyl groups is 2. The zero-order chi connectivity index (χ0) is 12.3. The van der Waals surface area contributed by atoms with Crippen LogP contribution >= 0.6 is 0 Å². The summed E-state index contributed by atoms with van der Waals surface area (Å²) in [5.41, 5.74) is -0.938. The van der Waals surface area contributed by atoms with E-state index in [-0.39, 0.29) is 12.2 Å². The fourth-order valence-corrected chi connectivity index (χ4v) is 1.08. The molecule has 1 aromatic carbocycles. The molecule has 0 bridgehead atoms. The normalized spacial score (nSPS) is 9.81. The van der Waals surface area contributed by atoms with Gasteiger partial charge in [-0.3, -0.25) is 10.1 Å². The standard InChI is InChI=1S/C9H9NO6/c1-2-16-9(13)5-3-6(10(14)15)8(12)7(11)4-5/h3-4,11-12H,2H2,1H3. The molecule has 0 heterocycles. The lowest BCUT2D eigenvalue weighted by molar-refractivity contribution is -0.386. The minimum Gasteiger partial charge on any atom is -0.504 e. The first-order chi connectivity index (χ1) is 7.47. The number of nitro groups is 1. The Hall–Kier alpha value is -2.31. The maximum absolute atomic E-state index is 11.2. The summed E-state index contributed by atoms with van der Waals surface area (Å²) in [4.78, 5) is 20.8. The fourth-order valence-electron chi connectivity index (χ4n) is 1.08. The SMILES string of the molecule is CCOC(=O)c1cc(O)c(O)c([N+](=O)[O-])c1. The second-order valence-electron chi connectivity index (χ2n) is 2.84. The molecule has 1 aromatic rings. The summed E-state index contributed by atoms with van der Waals surface area (Å²) in [5.74, 6) is -2.42. The Balaban J connectivity index is 3.24. The highest BCUT2D eigenvalue weighted by atomic mass is 16.6. The van der Waals surface area contributed by atoms with Crippen molar-refractivity contribution < 1.29 is 24.7 Å². The molecular formula is C9H9NO6. The summed E-state index contributed by atoms with van der Waals surface area (Å²) < 4.78 is 4.60. The van der Waals surface area contributed by atoms with Crippen molar-refractivity contribution in [2.45, 2.75) is 6.92 Å². The average Bonchev–Trinajstić information content (AvgIpc) is 2.21. The highest BCUT2D eigenvalue weighted by molar-refractivity contribution is 5.91. The van der Waals surface area contributed by atoms with E-state index in [1.54, 1.807) is 6.92 Å². The average molecular weight is 227 g/mol. The molecule has 7 heteroatoms. The van der Waals surface area contributed by atoms with E-state index in [9.17, 15) is 20.0 Å². The topological polar surface area (TPSA) is 110 Å². The summed E-state index contributed by atoms with van der Waals surface area (Å²) in [6.07, 6.45) is 0. The summed E-state index contributed by atoms with van der Waals surface area (Å²) in [6, 6.07) is 1.74. The van der Waals surface area contributed by atoms with Crippen LogP contribution in [0.25, 0.3) is 0 Å². The predicted octanol–water partition coefficient (Wildman–Crippen LogP) is 1.18. The van der Waals surface area contributed by atoms with Crippen LogP contribution in [-0.2, 0) is 4.74 Å². The fraction of sp³-hybridized carbons (Fsp3) is 0.222. The highest BCUT2D eigenvalue weighted by Crippen LogP contribution is 2.36. The molecule has 0 unspecified atom stereocenters. The van der Waals surface area contributed by atoms with Crippen molar-refractivity contribution in [3.8, 4) is 11.5 Å². The number of rotatable bonds is 3. The van der Waals surface area contributed by atoms with Crippen LogP contribution in [0.2, 0.25) is 0 Å². The van der Waals surface area contributed by atoms with Crippen LogP contribution in [0.5, 0.6) is 11.5 Å². The Morgan fingerprint density at radius 2 is 2.12 bits per heavy atom. The summed E-state index contributed by atoms with van der Waals surface area (Å²) >= 11 is 0. The van der Waals surface area contributed by atoms with Gasteiger partial charge in [-0.2, -0.15) is 0 Å². The molecule has 0 aliphatic carbocycles. The van der Waals surface area contributed by atoms with E-state index in [2.05, 4.69) is 4.74 Å². The number of hydrogen-bond acceptors (Lipinski definition) is 6. The Morgan fingerprint density at radius 1 is 1.50 bits per heavy atom. The first kappa shape index (κ1) is 11.8. The molecule has 0 aliphatic rings. The minimum absolute atomic E-state index is 0.105. The minimum atomic E-state index is -0.905. The largest absolute Gasteiger partial charge is 0.504 e. The van der Waals surface area contributed by atoms with Gasteiger partial charge < -0.3 is 14.9 Å². The van der Waals surface area contributed by atoms with Gasteiger partial charge in [-0.05, 0) is 13.0 Å². The van der Waals surface area contributed by atoms with Gasteiger partial charge in [0.25, 0.3) is 0 Å². The maximum Gasteiger partial charge on any atom is 0.338 e. The van der Waals surface area contributed by atoms with Gasteiger partial charge in [-0.15, -0.1) is 0 Å². The molecule has 0 saturated carbocycles. The number of carbonyl (C=O) groups is 1. The third-order valence-corrected chi connectivity index (χ3v) is 1.78. The summed E-state index contributed by atoms with van der Waals surface area (Å²) in [7, 11) is 0. The van der Waals surface area contributed by atoms with Gasteiger partial charge in [-0.1, -0.05) is 0 Å². The number of carbonyl (C=O) groups excluding carboxylic acids is 1. The highest BCUT2D eigenvalue weighted by Gasteiger charge is 2.21. The Kier molecular flexibility index (Phi) is 3.29. The summed E-state index contributed by atoms with van der Waals surface area (Å²) in [6.45, 7) is 1.68. The zero-order valence-electron chi connectivity index (χ0n) is 8.34. The van der Waals surface area contributed by atoms with Gasteiger partial charge in [0.1, 0.15) is 0 Å². The van der Waals surface area contributed by atoms with Crippen LogP contribution in [0.4, 0.5) is 5.69 Å². The lowest BCUT2D eigenvalue weighted by Gasteiger charge is -2.04. The molecule has 16 heavy (non-hydrogen) atoms. The van der Waals surface area contributed by atoms with E-state index in [4.69, 9.17) is 5.11 Å². The maximum atomic E-state index is 11.2. The third-order valence-electron chi connectivity index (χ3n) is 1.78. The number of nitro benzene ring substituents is 1. The van der Waals surface area contributed by atoms with Crippen LogP contribution in [-0.4, -0.2) is 27.7 Å². The van der Waals surface area contributed by atoms with Crippen molar-refractivity contribution in [1.29, 1.82) is 0 Å². The van der Waals surface area contributed by atoms with Crippen LogP contribution in [0.1, 0.15) is 17.3 Å². The monoisotopic (exact) mass is 227 g/mol. The second-order valence-corrected chi connectivity index (χ2v) is 2.84. The van der Waals surface area contributed by atoms with Gasteiger partial charge in [-0.25, -0.2) is 4.79 Å². The van der Waals surface area contributed by atoms with Gasteiger partial charge in [0.2, 0.25) is 5.75 Å². The van der Waals surface area contributed by atoms with Gasteiger partial charge in [0.05, 0.1) is 17.1 Å². The predicted molar refractivity (Wildman–Crippen MR) is 52.4 cm³/mol. The number of phenols is 2. The number of esters is 1. The molecule has 0 aliphatic heterocycles. The molecule has 0 aromatic heterocycles. The van der Waals surface area contributed by atoms with Crippen molar-refractivity contribution in [3.63, 3.8) is 0 Å². The summed E-state index contributed by atoms with van der Waals surface area (Å²) in [5, 5.41) is 28.8. The molecule has 86 valence electrons. The molecule has 7 nitrogen and oxygen atoms in total. The van der Waals surface area contributed by atoms with Gasteiger partial charge in [0, 0.05) is 6.07 Å². The van der Waals surface area contributed by atoms with Crippen molar-refractivity contribution in [1.82, 2.24) is 0 Å². The van der Waals surface area contributed by atoms with Crippen molar-refractivity contribution in [2.75, 3.05) is 6.61 Å². The smallest absolute Gasteiger partial charge is 0.338 e. The number of phenolic OH excluding ortho intramolecular Hbond substituents is 2. The molecule has 1 rings (SSSR count). The zero-order valence-corrected chi connectivity index (χ0v) is 8.34. The van der Waals surface area contributed by atoms with Crippen LogP contribution < -0.4 is 0 Å². The van der Waals surface area contributed by atoms with E-state index < -0.39 is 28.1 Å². The van der Waals surface area contributed by atoms with E-state index in [1.807, 2.05) is 0 Å². The number of hydrogen-bond donors (Lipinski definition) is 2. The number of nitrogens with zero attached hydrogens (tertiary/aromatic N) is 1. The first-order valence-corrected chi connectivity index (χ1v) is 4.34. The Bertz CT molecular complexity index is 442. The van der Waals surface area contributed by atoms with E-state index in [0.717, 1.165) is 12.1 Å². The van der Waals surface area contributed by atoms with Gasteiger partial charge in [0.15, 0.2) is 5.75 Å². The number of ether oxygens (including phenoxy) is 1. The lowest BCUT2D eigenvalue weighted by atomic mass is 10.1. The Morgan fingerprint density at radius 3 is 2.62 bits per heavy atom. The van der Waals surface area contributed by atoms with Crippen molar-refractivity contribution in [3.05, 3.63) is 27.8 Å². The van der Waals surface area contributed by atoms with Crippen molar-refractivity contribution >= 4 is 11.7 Å². The quantitative estimate of drug-likeness (QED) is 0.347. The van der Waals surface area contributed by atoms with Crippen LogP contribution in [0, 0.1) is 10.1 Å².